The number of hydrogen-bond acceptors (Lipinski definition) is 4. The molecule has 198 valence electrons. The van der Waals surface area contributed by atoms with Crippen molar-refractivity contribution in [3.8, 4) is 0 Å². The number of fused-ring (bicyclic) bond motifs is 3. The molecule has 3 aliphatic rings. The van der Waals surface area contributed by atoms with E-state index in [1.807, 2.05) is 18.2 Å². The van der Waals surface area contributed by atoms with Gasteiger partial charge in [0.15, 0.2) is 0 Å². The molecule has 2 atom stereocenters. The van der Waals surface area contributed by atoms with E-state index in [-0.39, 0.29) is 17.9 Å². The predicted octanol–water partition coefficient (Wildman–Crippen LogP) is 3.30. The zero-order valence-corrected chi connectivity index (χ0v) is 21.1. The maximum absolute atomic E-state index is 13.8. The van der Waals surface area contributed by atoms with Crippen molar-refractivity contribution in [1.82, 2.24) is 14.7 Å². The zero-order chi connectivity index (χ0) is 26.2. The number of benzene rings is 2. The first-order valence-corrected chi connectivity index (χ1v) is 13.0. The van der Waals surface area contributed by atoms with Gasteiger partial charge in [0.05, 0.1) is 17.5 Å². The molecule has 2 aromatic rings. The molecule has 2 aromatic carbocycles. The second-order valence-corrected chi connectivity index (χ2v) is 10.3. The SMILES string of the molecule is CC(=O)N1CCN(C(=O)C2Cc3cc(C(F)(F)F)ccc3N3CCN(CCc4ccccc4)CC23)CC1. The van der Waals surface area contributed by atoms with Gasteiger partial charge in [-0.15, -0.1) is 0 Å². The third-order valence-electron chi connectivity index (χ3n) is 8.04. The molecule has 0 spiro atoms. The van der Waals surface area contributed by atoms with Crippen molar-refractivity contribution in [2.75, 3.05) is 57.3 Å². The van der Waals surface area contributed by atoms with Gasteiger partial charge in [0.2, 0.25) is 11.8 Å². The highest BCUT2D eigenvalue weighted by Crippen LogP contribution is 2.40. The summed E-state index contributed by atoms with van der Waals surface area (Å²) in [5.74, 6) is -0.462. The minimum atomic E-state index is -4.43. The molecule has 9 heteroatoms. The van der Waals surface area contributed by atoms with E-state index in [0.29, 0.717) is 51.3 Å². The quantitative estimate of drug-likeness (QED) is 0.629. The second-order valence-electron chi connectivity index (χ2n) is 10.3. The zero-order valence-electron chi connectivity index (χ0n) is 21.1. The summed E-state index contributed by atoms with van der Waals surface area (Å²) in [5, 5.41) is 0. The topological polar surface area (TPSA) is 47.1 Å². The van der Waals surface area contributed by atoms with Gasteiger partial charge in [-0.05, 0) is 42.2 Å². The van der Waals surface area contributed by atoms with E-state index >= 15 is 0 Å². The Morgan fingerprint density at radius 2 is 1.62 bits per heavy atom. The first kappa shape index (κ1) is 25.6. The number of hydrogen-bond donors (Lipinski definition) is 0. The Morgan fingerprint density at radius 1 is 0.919 bits per heavy atom. The van der Waals surface area contributed by atoms with Gasteiger partial charge in [-0.1, -0.05) is 30.3 Å². The predicted molar refractivity (Wildman–Crippen MR) is 135 cm³/mol. The van der Waals surface area contributed by atoms with Gasteiger partial charge in [0.25, 0.3) is 0 Å². The fourth-order valence-electron chi connectivity index (χ4n) is 5.95. The van der Waals surface area contributed by atoms with Gasteiger partial charge < -0.3 is 14.7 Å². The second kappa shape index (κ2) is 10.4. The summed E-state index contributed by atoms with van der Waals surface area (Å²) in [7, 11) is 0. The van der Waals surface area contributed by atoms with Crippen LogP contribution in [-0.4, -0.2) is 84.9 Å². The smallest absolute Gasteiger partial charge is 0.365 e. The molecule has 0 aromatic heterocycles. The molecule has 6 nitrogen and oxygen atoms in total. The van der Waals surface area contributed by atoms with E-state index < -0.39 is 17.7 Å². The Labute approximate surface area is 215 Å². The van der Waals surface area contributed by atoms with Crippen molar-refractivity contribution >= 4 is 17.5 Å². The fourth-order valence-corrected chi connectivity index (χ4v) is 5.95. The standard InChI is InChI=1S/C28H33F3N4O2/c1-20(36)33-12-14-34(15-13-33)27(37)24-18-22-17-23(28(29,30)31)7-8-25(22)35-16-11-32(19-26(24)35)10-9-21-5-3-2-4-6-21/h2-8,17,24,26H,9-16,18-19H2,1H3. The van der Waals surface area contributed by atoms with Crippen LogP contribution in [-0.2, 0) is 28.6 Å². The molecule has 3 aliphatic heterocycles. The van der Waals surface area contributed by atoms with Gasteiger partial charge in [0, 0.05) is 65.0 Å². The average Bonchev–Trinajstić information content (AvgIpc) is 2.90. The summed E-state index contributed by atoms with van der Waals surface area (Å²) in [5.41, 5.74) is 1.98. The van der Waals surface area contributed by atoms with Crippen LogP contribution in [0.2, 0.25) is 0 Å². The summed E-state index contributed by atoms with van der Waals surface area (Å²) >= 11 is 0. The Balaban J connectivity index is 1.38. The van der Waals surface area contributed by atoms with Gasteiger partial charge in [-0.25, -0.2) is 0 Å². The molecule has 0 saturated carbocycles. The van der Waals surface area contributed by atoms with Crippen LogP contribution < -0.4 is 4.90 Å². The Morgan fingerprint density at radius 3 is 2.30 bits per heavy atom. The first-order chi connectivity index (χ1) is 17.7. The van der Waals surface area contributed by atoms with E-state index in [0.717, 1.165) is 31.3 Å². The van der Waals surface area contributed by atoms with Crippen molar-refractivity contribution in [3.63, 3.8) is 0 Å². The van der Waals surface area contributed by atoms with Gasteiger partial charge in [-0.3, -0.25) is 14.5 Å². The summed E-state index contributed by atoms with van der Waals surface area (Å²) in [6.45, 7) is 6.42. The number of nitrogens with zero attached hydrogens (tertiary/aromatic N) is 4. The molecule has 2 saturated heterocycles. The van der Waals surface area contributed by atoms with Crippen LogP contribution in [0.3, 0.4) is 0 Å². The van der Waals surface area contributed by atoms with Crippen molar-refractivity contribution in [3.05, 3.63) is 65.2 Å². The van der Waals surface area contributed by atoms with Crippen LogP contribution >= 0.6 is 0 Å². The lowest BCUT2D eigenvalue weighted by Gasteiger charge is -2.50. The van der Waals surface area contributed by atoms with Crippen LogP contribution in [0.1, 0.15) is 23.6 Å². The minimum Gasteiger partial charge on any atom is -0.365 e. The highest BCUT2D eigenvalue weighted by atomic mass is 19.4. The Bertz CT molecular complexity index is 1130. The lowest BCUT2D eigenvalue weighted by atomic mass is 9.82. The largest absolute Gasteiger partial charge is 0.416 e. The third kappa shape index (κ3) is 5.46. The number of halogens is 3. The van der Waals surface area contributed by atoms with Crippen molar-refractivity contribution in [2.45, 2.75) is 32.0 Å². The number of carbonyl (C=O) groups is 2. The van der Waals surface area contributed by atoms with E-state index in [4.69, 9.17) is 0 Å². The molecule has 2 fully saturated rings. The van der Waals surface area contributed by atoms with E-state index in [1.165, 1.54) is 18.6 Å². The molecule has 3 heterocycles. The summed E-state index contributed by atoms with van der Waals surface area (Å²) < 4.78 is 40.5. The van der Waals surface area contributed by atoms with Crippen molar-refractivity contribution < 1.29 is 22.8 Å². The lowest BCUT2D eigenvalue weighted by Crippen LogP contribution is -2.62. The molecule has 0 radical (unpaired) electrons. The molecule has 37 heavy (non-hydrogen) atoms. The number of alkyl halides is 3. The minimum absolute atomic E-state index is 0.00844. The van der Waals surface area contributed by atoms with Crippen molar-refractivity contribution in [2.24, 2.45) is 5.92 Å². The van der Waals surface area contributed by atoms with Crippen LogP contribution in [0.25, 0.3) is 0 Å². The molecule has 2 unspecified atom stereocenters. The molecule has 0 N–H and O–H groups in total. The number of rotatable bonds is 4. The lowest BCUT2D eigenvalue weighted by molar-refractivity contribution is -0.142. The first-order valence-electron chi connectivity index (χ1n) is 13.0. The van der Waals surface area contributed by atoms with Gasteiger partial charge >= 0.3 is 6.18 Å². The maximum Gasteiger partial charge on any atom is 0.416 e. The van der Waals surface area contributed by atoms with Crippen molar-refractivity contribution in [1.29, 1.82) is 0 Å². The summed E-state index contributed by atoms with van der Waals surface area (Å²) in [6, 6.07) is 14.1. The number of carbonyl (C=O) groups excluding carboxylic acids is 2. The van der Waals surface area contributed by atoms with Gasteiger partial charge in [-0.2, -0.15) is 13.2 Å². The van der Waals surface area contributed by atoms with E-state index in [2.05, 4.69) is 21.9 Å². The highest BCUT2D eigenvalue weighted by molar-refractivity contribution is 5.83. The molecule has 5 rings (SSSR count). The number of anilines is 1. The molecule has 0 bridgehead atoms. The molecule has 2 amide bonds. The highest BCUT2D eigenvalue weighted by Gasteiger charge is 2.44. The average molecular weight is 515 g/mol. The maximum atomic E-state index is 13.8. The summed E-state index contributed by atoms with van der Waals surface area (Å²) in [4.78, 5) is 33.6. The van der Waals surface area contributed by atoms with Crippen LogP contribution in [0, 0.1) is 5.92 Å². The molecule has 0 aliphatic carbocycles. The number of piperazine rings is 2. The molecular formula is C28H33F3N4O2. The van der Waals surface area contributed by atoms with Crippen LogP contribution in [0.5, 0.6) is 0 Å². The molecular weight excluding hydrogens is 481 g/mol. The third-order valence-corrected chi connectivity index (χ3v) is 8.04. The van der Waals surface area contributed by atoms with E-state index in [9.17, 15) is 22.8 Å². The number of amides is 2. The van der Waals surface area contributed by atoms with Crippen LogP contribution in [0.15, 0.2) is 48.5 Å². The van der Waals surface area contributed by atoms with Crippen LogP contribution in [0.4, 0.5) is 18.9 Å². The van der Waals surface area contributed by atoms with E-state index in [1.54, 1.807) is 15.9 Å². The Hall–Kier alpha value is -3.07. The monoisotopic (exact) mass is 514 g/mol. The normalized spacial score (nSPS) is 22.4. The summed E-state index contributed by atoms with van der Waals surface area (Å²) in [6.07, 6.45) is -3.23. The fraction of sp³-hybridized carbons (Fsp3) is 0.500. The van der Waals surface area contributed by atoms with Gasteiger partial charge in [0.1, 0.15) is 0 Å². The Kier molecular flexibility index (Phi) is 7.16.